The van der Waals surface area contributed by atoms with Gasteiger partial charge in [0.15, 0.2) is 0 Å². The molecule has 0 spiro atoms. The van der Waals surface area contributed by atoms with Crippen molar-refractivity contribution < 1.29 is 4.79 Å². The summed E-state index contributed by atoms with van der Waals surface area (Å²) in [4.78, 5) is 11.3. The Hall–Kier alpha value is -1.35. The molecule has 0 radical (unpaired) electrons. The number of hydrogen-bond donors (Lipinski definition) is 2. The highest BCUT2D eigenvalue weighted by Crippen LogP contribution is 2.27. The van der Waals surface area contributed by atoms with Crippen LogP contribution in [0.3, 0.4) is 0 Å². The molecule has 0 aliphatic carbocycles. The SMILES string of the molecule is CCCCCCC(N)c1ccc2c(c1)CCC(=O)N2. The van der Waals surface area contributed by atoms with Crippen LogP contribution in [0.4, 0.5) is 5.69 Å². The first-order valence-electron chi connectivity index (χ1n) is 7.39. The third kappa shape index (κ3) is 3.80. The fraction of sp³-hybridized carbons (Fsp3) is 0.562. The average Bonchev–Trinajstić information content (AvgIpc) is 2.42. The molecular formula is C16H24N2O. The summed E-state index contributed by atoms with van der Waals surface area (Å²) >= 11 is 0. The Kier molecular flexibility index (Phi) is 4.97. The lowest BCUT2D eigenvalue weighted by Crippen LogP contribution is -2.19. The maximum atomic E-state index is 11.3. The van der Waals surface area contributed by atoms with E-state index in [2.05, 4.69) is 24.4 Å². The number of nitrogens with one attached hydrogen (secondary N) is 1. The highest BCUT2D eigenvalue weighted by Gasteiger charge is 2.16. The third-order valence-electron chi connectivity index (χ3n) is 3.82. The maximum absolute atomic E-state index is 11.3. The van der Waals surface area contributed by atoms with Crippen molar-refractivity contribution in [1.82, 2.24) is 0 Å². The van der Waals surface area contributed by atoms with Gasteiger partial charge in [-0.3, -0.25) is 4.79 Å². The second kappa shape index (κ2) is 6.71. The number of carbonyl (C=O) groups is 1. The lowest BCUT2D eigenvalue weighted by atomic mass is 9.95. The third-order valence-corrected chi connectivity index (χ3v) is 3.82. The molecule has 104 valence electrons. The highest BCUT2D eigenvalue weighted by molar-refractivity contribution is 5.93. The van der Waals surface area contributed by atoms with Gasteiger partial charge in [-0.1, -0.05) is 44.7 Å². The van der Waals surface area contributed by atoms with E-state index in [-0.39, 0.29) is 11.9 Å². The van der Waals surface area contributed by atoms with E-state index in [9.17, 15) is 4.79 Å². The van der Waals surface area contributed by atoms with Crippen LogP contribution in [0.15, 0.2) is 18.2 Å². The van der Waals surface area contributed by atoms with Crippen LogP contribution in [-0.2, 0) is 11.2 Å². The van der Waals surface area contributed by atoms with Crippen molar-refractivity contribution in [2.24, 2.45) is 5.73 Å². The minimum atomic E-state index is 0.115. The summed E-state index contributed by atoms with van der Waals surface area (Å²) in [6.45, 7) is 2.22. The van der Waals surface area contributed by atoms with Crippen molar-refractivity contribution in [3.63, 3.8) is 0 Å². The minimum Gasteiger partial charge on any atom is -0.326 e. The van der Waals surface area contributed by atoms with E-state index in [0.717, 1.165) is 18.5 Å². The number of rotatable bonds is 6. The first-order chi connectivity index (χ1) is 9.20. The van der Waals surface area contributed by atoms with E-state index in [1.807, 2.05) is 6.07 Å². The zero-order chi connectivity index (χ0) is 13.7. The second-order valence-electron chi connectivity index (χ2n) is 5.42. The Labute approximate surface area is 115 Å². The first-order valence-corrected chi connectivity index (χ1v) is 7.39. The Bertz CT molecular complexity index is 442. The molecule has 1 amide bonds. The van der Waals surface area contributed by atoms with Crippen molar-refractivity contribution in [2.75, 3.05) is 5.32 Å². The zero-order valence-corrected chi connectivity index (χ0v) is 11.7. The Balaban J connectivity index is 1.95. The quantitative estimate of drug-likeness (QED) is 0.769. The molecule has 0 fully saturated rings. The van der Waals surface area contributed by atoms with Crippen LogP contribution in [0.25, 0.3) is 0 Å². The number of unbranched alkanes of at least 4 members (excludes halogenated alkanes) is 3. The Morgan fingerprint density at radius 3 is 2.89 bits per heavy atom. The van der Waals surface area contributed by atoms with Crippen LogP contribution in [-0.4, -0.2) is 5.91 Å². The second-order valence-corrected chi connectivity index (χ2v) is 5.42. The molecule has 1 heterocycles. The van der Waals surface area contributed by atoms with Crippen molar-refractivity contribution in [3.05, 3.63) is 29.3 Å². The van der Waals surface area contributed by atoms with Crippen molar-refractivity contribution in [2.45, 2.75) is 57.9 Å². The smallest absolute Gasteiger partial charge is 0.224 e. The minimum absolute atomic E-state index is 0.115. The Morgan fingerprint density at radius 2 is 2.11 bits per heavy atom. The van der Waals surface area contributed by atoms with Gasteiger partial charge in [0.2, 0.25) is 5.91 Å². The summed E-state index contributed by atoms with van der Waals surface area (Å²) in [7, 11) is 0. The fourth-order valence-electron chi connectivity index (χ4n) is 2.59. The first kappa shape index (κ1) is 14.1. The summed E-state index contributed by atoms with van der Waals surface area (Å²) < 4.78 is 0. The number of amides is 1. The van der Waals surface area contributed by atoms with Gasteiger partial charge in [-0.25, -0.2) is 0 Å². The van der Waals surface area contributed by atoms with Crippen LogP contribution in [0.1, 0.15) is 62.6 Å². The molecule has 1 atom stereocenters. The van der Waals surface area contributed by atoms with Crippen LogP contribution < -0.4 is 11.1 Å². The largest absolute Gasteiger partial charge is 0.326 e. The summed E-state index contributed by atoms with van der Waals surface area (Å²) in [5.41, 5.74) is 9.63. The van der Waals surface area contributed by atoms with E-state index in [1.165, 1.54) is 36.8 Å². The van der Waals surface area contributed by atoms with Crippen LogP contribution >= 0.6 is 0 Å². The van der Waals surface area contributed by atoms with Gasteiger partial charge in [0.25, 0.3) is 0 Å². The topological polar surface area (TPSA) is 55.1 Å². The molecular weight excluding hydrogens is 236 g/mol. The number of anilines is 1. The van der Waals surface area contributed by atoms with Gasteiger partial charge in [0, 0.05) is 18.2 Å². The molecule has 1 aromatic rings. The molecule has 1 aromatic carbocycles. The van der Waals surface area contributed by atoms with Crippen molar-refractivity contribution in [3.8, 4) is 0 Å². The molecule has 0 bridgehead atoms. The molecule has 3 N–H and O–H groups in total. The van der Waals surface area contributed by atoms with Gasteiger partial charge >= 0.3 is 0 Å². The van der Waals surface area contributed by atoms with Crippen molar-refractivity contribution >= 4 is 11.6 Å². The van der Waals surface area contributed by atoms with Gasteiger partial charge in [-0.15, -0.1) is 0 Å². The number of carbonyl (C=O) groups excluding carboxylic acids is 1. The van der Waals surface area contributed by atoms with E-state index in [4.69, 9.17) is 5.73 Å². The van der Waals surface area contributed by atoms with Crippen LogP contribution in [0.2, 0.25) is 0 Å². The van der Waals surface area contributed by atoms with E-state index in [1.54, 1.807) is 0 Å². The van der Waals surface area contributed by atoms with Crippen molar-refractivity contribution in [1.29, 1.82) is 0 Å². The summed E-state index contributed by atoms with van der Waals surface area (Å²) in [6.07, 6.45) is 7.48. The molecule has 0 saturated heterocycles. The predicted octanol–water partition coefficient (Wildman–Crippen LogP) is 3.54. The molecule has 3 nitrogen and oxygen atoms in total. The van der Waals surface area contributed by atoms with Gasteiger partial charge in [-0.2, -0.15) is 0 Å². The molecule has 2 rings (SSSR count). The number of benzene rings is 1. The van der Waals surface area contributed by atoms with Crippen LogP contribution in [0, 0.1) is 0 Å². The molecule has 1 aliphatic rings. The molecule has 1 unspecified atom stereocenters. The molecule has 0 saturated carbocycles. The van der Waals surface area contributed by atoms with Gasteiger partial charge < -0.3 is 11.1 Å². The van der Waals surface area contributed by atoms with E-state index >= 15 is 0 Å². The predicted molar refractivity (Wildman–Crippen MR) is 79.1 cm³/mol. The normalized spacial score (nSPS) is 15.8. The van der Waals surface area contributed by atoms with Crippen LogP contribution in [0.5, 0.6) is 0 Å². The monoisotopic (exact) mass is 260 g/mol. The highest BCUT2D eigenvalue weighted by atomic mass is 16.1. The average molecular weight is 260 g/mol. The molecule has 19 heavy (non-hydrogen) atoms. The van der Waals surface area contributed by atoms with Gasteiger partial charge in [0.05, 0.1) is 0 Å². The fourth-order valence-corrected chi connectivity index (χ4v) is 2.59. The summed E-state index contributed by atoms with van der Waals surface area (Å²) in [5, 5.41) is 2.91. The lowest BCUT2D eigenvalue weighted by molar-refractivity contribution is -0.116. The standard InChI is InChI=1S/C16H24N2O/c1-2-3-4-5-6-14(17)12-7-9-15-13(11-12)8-10-16(19)18-15/h7,9,11,14H,2-6,8,10,17H2,1H3,(H,18,19). The number of hydrogen-bond acceptors (Lipinski definition) is 2. The summed E-state index contributed by atoms with van der Waals surface area (Å²) in [6, 6.07) is 6.33. The van der Waals surface area contributed by atoms with E-state index < -0.39 is 0 Å². The van der Waals surface area contributed by atoms with Gasteiger partial charge in [-0.05, 0) is 30.0 Å². The Morgan fingerprint density at radius 1 is 1.26 bits per heavy atom. The number of fused-ring (bicyclic) bond motifs is 1. The molecule has 1 aliphatic heterocycles. The van der Waals surface area contributed by atoms with E-state index in [0.29, 0.717) is 6.42 Å². The number of aryl methyl sites for hydroxylation is 1. The zero-order valence-electron chi connectivity index (χ0n) is 11.7. The molecule has 0 aromatic heterocycles. The number of nitrogens with two attached hydrogens (primary N) is 1. The van der Waals surface area contributed by atoms with Gasteiger partial charge in [0.1, 0.15) is 0 Å². The lowest BCUT2D eigenvalue weighted by Gasteiger charge is -2.19. The summed E-state index contributed by atoms with van der Waals surface area (Å²) in [5.74, 6) is 0.115. The molecule has 3 heteroatoms. The maximum Gasteiger partial charge on any atom is 0.224 e.